The second-order valence-electron chi connectivity index (χ2n) is 3.88. The van der Waals surface area contributed by atoms with Gasteiger partial charge in [0.1, 0.15) is 5.82 Å². The first-order chi connectivity index (χ1) is 6.75. The molecule has 1 unspecified atom stereocenters. The fraction of sp³-hybridized carbons (Fsp3) is 0.455. The molecule has 1 saturated heterocycles. The zero-order chi connectivity index (χ0) is 9.97. The molecule has 0 radical (unpaired) electrons. The highest BCUT2D eigenvalue weighted by molar-refractivity contribution is 5.17. The lowest BCUT2D eigenvalue weighted by atomic mass is 10.2. The quantitative estimate of drug-likeness (QED) is 0.770. The zero-order valence-corrected chi connectivity index (χ0v) is 8.12. The van der Waals surface area contributed by atoms with E-state index in [-0.39, 0.29) is 11.9 Å². The molecule has 0 aromatic heterocycles. The van der Waals surface area contributed by atoms with Crippen LogP contribution < -0.4 is 5.73 Å². The first-order valence-electron chi connectivity index (χ1n) is 4.97. The van der Waals surface area contributed by atoms with Gasteiger partial charge in [0.05, 0.1) is 0 Å². The van der Waals surface area contributed by atoms with E-state index in [1.54, 1.807) is 6.07 Å². The van der Waals surface area contributed by atoms with Crippen molar-refractivity contribution in [1.82, 2.24) is 4.90 Å². The molecule has 14 heavy (non-hydrogen) atoms. The van der Waals surface area contributed by atoms with Gasteiger partial charge in [-0.2, -0.15) is 0 Å². The predicted molar refractivity (Wildman–Crippen MR) is 54.3 cm³/mol. The van der Waals surface area contributed by atoms with E-state index in [0.717, 1.165) is 25.1 Å². The maximum atomic E-state index is 13.3. The molecule has 1 aromatic carbocycles. The van der Waals surface area contributed by atoms with Crippen LogP contribution in [0.25, 0.3) is 0 Å². The topological polar surface area (TPSA) is 29.3 Å². The third-order valence-corrected chi connectivity index (χ3v) is 2.66. The molecule has 2 nitrogen and oxygen atoms in total. The summed E-state index contributed by atoms with van der Waals surface area (Å²) in [5.74, 6) is -0.118. The second kappa shape index (κ2) is 4.07. The zero-order valence-electron chi connectivity index (χ0n) is 8.12. The van der Waals surface area contributed by atoms with Crippen molar-refractivity contribution >= 4 is 0 Å². The van der Waals surface area contributed by atoms with E-state index < -0.39 is 0 Å². The Bertz CT molecular complexity index is 314. The molecule has 76 valence electrons. The summed E-state index contributed by atoms with van der Waals surface area (Å²) in [4.78, 5) is 2.20. The predicted octanol–water partition coefficient (Wildman–Crippen LogP) is 1.36. The van der Waals surface area contributed by atoms with Crippen molar-refractivity contribution in [2.45, 2.75) is 19.0 Å². The summed E-state index contributed by atoms with van der Waals surface area (Å²) in [6, 6.07) is 7.19. The summed E-state index contributed by atoms with van der Waals surface area (Å²) in [6.45, 7) is 2.55. The fourth-order valence-electron chi connectivity index (χ4n) is 1.87. The standard InChI is InChI=1S/C11H15FN2/c12-11-4-2-1-3-9(11)7-14-6-5-10(13)8-14/h1-4,10H,5-8,13H2. The lowest BCUT2D eigenvalue weighted by Crippen LogP contribution is -2.26. The van der Waals surface area contributed by atoms with Gasteiger partial charge in [-0.25, -0.2) is 4.39 Å². The van der Waals surface area contributed by atoms with E-state index in [9.17, 15) is 4.39 Å². The molecule has 0 aliphatic carbocycles. The van der Waals surface area contributed by atoms with Crippen LogP contribution in [0.4, 0.5) is 4.39 Å². The third kappa shape index (κ3) is 2.11. The molecule has 3 heteroatoms. The van der Waals surface area contributed by atoms with Gasteiger partial charge >= 0.3 is 0 Å². The van der Waals surface area contributed by atoms with Crippen LogP contribution >= 0.6 is 0 Å². The largest absolute Gasteiger partial charge is 0.326 e. The van der Waals surface area contributed by atoms with Gasteiger partial charge in [0.15, 0.2) is 0 Å². The van der Waals surface area contributed by atoms with E-state index in [4.69, 9.17) is 5.73 Å². The van der Waals surface area contributed by atoms with Crippen molar-refractivity contribution in [3.63, 3.8) is 0 Å². The normalized spacial score (nSPS) is 22.9. The number of halogens is 1. The number of hydrogen-bond acceptors (Lipinski definition) is 2. The smallest absolute Gasteiger partial charge is 0.127 e. The van der Waals surface area contributed by atoms with Crippen molar-refractivity contribution < 1.29 is 4.39 Å². The van der Waals surface area contributed by atoms with Gasteiger partial charge in [-0.1, -0.05) is 18.2 Å². The highest BCUT2D eigenvalue weighted by atomic mass is 19.1. The monoisotopic (exact) mass is 194 g/mol. The molecule has 1 fully saturated rings. The number of hydrogen-bond donors (Lipinski definition) is 1. The lowest BCUT2D eigenvalue weighted by Gasteiger charge is -2.15. The molecule has 0 spiro atoms. The van der Waals surface area contributed by atoms with Crippen LogP contribution in [0.2, 0.25) is 0 Å². The van der Waals surface area contributed by atoms with Crippen molar-refractivity contribution in [1.29, 1.82) is 0 Å². The summed E-state index contributed by atoms with van der Waals surface area (Å²) < 4.78 is 13.3. The number of nitrogens with two attached hydrogens (primary N) is 1. The summed E-state index contributed by atoms with van der Waals surface area (Å²) in [7, 11) is 0. The lowest BCUT2D eigenvalue weighted by molar-refractivity contribution is 0.321. The molecule has 1 aromatic rings. The highest BCUT2D eigenvalue weighted by Gasteiger charge is 2.19. The Labute approximate surface area is 83.5 Å². The Morgan fingerprint density at radius 2 is 2.21 bits per heavy atom. The van der Waals surface area contributed by atoms with Crippen molar-refractivity contribution in [3.8, 4) is 0 Å². The van der Waals surface area contributed by atoms with Crippen LogP contribution in [-0.4, -0.2) is 24.0 Å². The van der Waals surface area contributed by atoms with E-state index in [1.807, 2.05) is 12.1 Å². The first-order valence-corrected chi connectivity index (χ1v) is 4.97. The molecule has 0 amide bonds. The Balaban J connectivity index is 2.01. The summed E-state index contributed by atoms with van der Waals surface area (Å²) in [5, 5.41) is 0. The van der Waals surface area contributed by atoms with Crippen LogP contribution in [0.3, 0.4) is 0 Å². The number of rotatable bonds is 2. The Morgan fingerprint density at radius 1 is 1.43 bits per heavy atom. The maximum absolute atomic E-state index is 13.3. The van der Waals surface area contributed by atoms with Crippen molar-refractivity contribution in [2.75, 3.05) is 13.1 Å². The van der Waals surface area contributed by atoms with Crippen LogP contribution in [0, 0.1) is 5.82 Å². The van der Waals surface area contributed by atoms with Gasteiger partial charge < -0.3 is 5.73 Å². The average molecular weight is 194 g/mol. The van der Waals surface area contributed by atoms with Crippen molar-refractivity contribution in [2.24, 2.45) is 5.73 Å². The van der Waals surface area contributed by atoms with E-state index in [1.165, 1.54) is 6.07 Å². The van der Waals surface area contributed by atoms with Gasteiger partial charge in [0, 0.05) is 31.2 Å². The molecule has 1 heterocycles. The number of benzene rings is 1. The van der Waals surface area contributed by atoms with Crippen molar-refractivity contribution in [3.05, 3.63) is 35.6 Å². The van der Waals surface area contributed by atoms with E-state index in [2.05, 4.69) is 4.90 Å². The molecule has 0 bridgehead atoms. The summed E-state index contributed by atoms with van der Waals surface area (Å²) >= 11 is 0. The van der Waals surface area contributed by atoms with E-state index >= 15 is 0 Å². The third-order valence-electron chi connectivity index (χ3n) is 2.66. The fourth-order valence-corrected chi connectivity index (χ4v) is 1.87. The van der Waals surface area contributed by atoms with Gasteiger partial charge in [0.2, 0.25) is 0 Å². The molecule has 1 aliphatic rings. The Kier molecular flexibility index (Phi) is 2.79. The number of nitrogens with zero attached hydrogens (tertiary/aromatic N) is 1. The number of likely N-dealkylation sites (tertiary alicyclic amines) is 1. The minimum absolute atomic E-state index is 0.118. The molecule has 2 N–H and O–H groups in total. The van der Waals surface area contributed by atoms with Crippen LogP contribution in [-0.2, 0) is 6.54 Å². The Morgan fingerprint density at radius 3 is 2.86 bits per heavy atom. The minimum Gasteiger partial charge on any atom is -0.326 e. The van der Waals surface area contributed by atoms with Crippen LogP contribution in [0.15, 0.2) is 24.3 Å². The first kappa shape index (κ1) is 9.62. The average Bonchev–Trinajstić information content (AvgIpc) is 2.56. The van der Waals surface area contributed by atoms with Gasteiger partial charge in [-0.3, -0.25) is 4.90 Å². The molecule has 0 saturated carbocycles. The van der Waals surface area contributed by atoms with Crippen LogP contribution in [0.1, 0.15) is 12.0 Å². The van der Waals surface area contributed by atoms with Gasteiger partial charge in [-0.15, -0.1) is 0 Å². The Hall–Kier alpha value is -0.930. The molecule has 1 aliphatic heterocycles. The van der Waals surface area contributed by atoms with Gasteiger partial charge in [0.25, 0.3) is 0 Å². The molecular weight excluding hydrogens is 179 g/mol. The SMILES string of the molecule is NC1CCN(Cc2ccccc2F)C1. The minimum atomic E-state index is -0.118. The van der Waals surface area contributed by atoms with Gasteiger partial charge in [-0.05, 0) is 12.5 Å². The molecule has 1 atom stereocenters. The molecule has 2 rings (SSSR count). The van der Waals surface area contributed by atoms with Crippen LogP contribution in [0.5, 0.6) is 0 Å². The highest BCUT2D eigenvalue weighted by Crippen LogP contribution is 2.14. The maximum Gasteiger partial charge on any atom is 0.127 e. The molecular formula is C11H15FN2. The summed E-state index contributed by atoms with van der Waals surface area (Å²) in [6.07, 6.45) is 1.02. The summed E-state index contributed by atoms with van der Waals surface area (Å²) in [5.41, 5.74) is 6.55. The second-order valence-corrected chi connectivity index (χ2v) is 3.88. The van der Waals surface area contributed by atoms with E-state index in [0.29, 0.717) is 6.54 Å².